The summed E-state index contributed by atoms with van der Waals surface area (Å²) in [5.41, 5.74) is 9.50. The van der Waals surface area contributed by atoms with E-state index in [0.717, 1.165) is 42.5 Å². The highest BCUT2D eigenvalue weighted by Crippen LogP contribution is 2.28. The lowest BCUT2D eigenvalue weighted by molar-refractivity contribution is 0.0946. The Kier molecular flexibility index (Phi) is 5.18. The Labute approximate surface area is 121 Å². The molecule has 0 radical (unpaired) electrons. The van der Waals surface area contributed by atoms with Gasteiger partial charge in [0.2, 0.25) is 0 Å². The highest BCUT2D eigenvalue weighted by atomic mass is 16.1. The van der Waals surface area contributed by atoms with E-state index in [1.54, 1.807) is 0 Å². The SMILES string of the molecule is CCCCC(CC)C(N)c1ccc2c(c1)C(=O)NCC2. The fourth-order valence-electron chi connectivity index (χ4n) is 3.01. The van der Waals surface area contributed by atoms with Crippen LogP contribution in [-0.2, 0) is 6.42 Å². The van der Waals surface area contributed by atoms with Crippen molar-refractivity contribution in [2.75, 3.05) is 6.54 Å². The largest absolute Gasteiger partial charge is 0.352 e. The molecule has 0 bridgehead atoms. The number of benzene rings is 1. The summed E-state index contributed by atoms with van der Waals surface area (Å²) in [6.07, 6.45) is 5.60. The number of carbonyl (C=O) groups is 1. The molecule has 0 spiro atoms. The lowest BCUT2D eigenvalue weighted by Gasteiger charge is -2.25. The van der Waals surface area contributed by atoms with E-state index in [-0.39, 0.29) is 11.9 Å². The zero-order valence-corrected chi connectivity index (χ0v) is 12.6. The van der Waals surface area contributed by atoms with Crippen molar-refractivity contribution < 1.29 is 4.79 Å². The van der Waals surface area contributed by atoms with Gasteiger partial charge in [-0.05, 0) is 36.0 Å². The minimum Gasteiger partial charge on any atom is -0.352 e. The predicted molar refractivity (Wildman–Crippen MR) is 82.7 cm³/mol. The molecule has 2 atom stereocenters. The first-order valence-corrected chi connectivity index (χ1v) is 7.84. The smallest absolute Gasteiger partial charge is 0.251 e. The molecule has 1 aromatic rings. The fourth-order valence-corrected chi connectivity index (χ4v) is 3.01. The highest BCUT2D eigenvalue weighted by Gasteiger charge is 2.21. The maximum absolute atomic E-state index is 11.9. The second-order valence-corrected chi connectivity index (χ2v) is 5.76. The van der Waals surface area contributed by atoms with E-state index in [1.165, 1.54) is 12.8 Å². The number of rotatable bonds is 6. The molecule has 0 aliphatic carbocycles. The maximum atomic E-state index is 11.9. The number of hydrogen-bond donors (Lipinski definition) is 2. The van der Waals surface area contributed by atoms with Gasteiger partial charge in [-0.15, -0.1) is 0 Å². The summed E-state index contributed by atoms with van der Waals surface area (Å²) in [4.78, 5) is 11.9. The monoisotopic (exact) mass is 274 g/mol. The molecule has 3 N–H and O–H groups in total. The molecule has 1 aliphatic heterocycles. The minimum atomic E-state index is 0.0339. The Morgan fingerprint density at radius 2 is 2.15 bits per heavy atom. The van der Waals surface area contributed by atoms with Crippen molar-refractivity contribution in [2.24, 2.45) is 11.7 Å². The van der Waals surface area contributed by atoms with E-state index >= 15 is 0 Å². The average molecular weight is 274 g/mol. The number of amides is 1. The highest BCUT2D eigenvalue weighted by molar-refractivity contribution is 5.96. The molecule has 1 heterocycles. The zero-order chi connectivity index (χ0) is 14.5. The topological polar surface area (TPSA) is 55.1 Å². The summed E-state index contributed by atoms with van der Waals surface area (Å²) in [5.74, 6) is 0.543. The molecule has 0 saturated heterocycles. The lowest BCUT2D eigenvalue weighted by atomic mass is 9.85. The molecule has 20 heavy (non-hydrogen) atoms. The third kappa shape index (κ3) is 3.21. The molecule has 3 heteroatoms. The summed E-state index contributed by atoms with van der Waals surface area (Å²) in [5, 5.41) is 2.90. The van der Waals surface area contributed by atoms with E-state index in [1.807, 2.05) is 6.07 Å². The van der Waals surface area contributed by atoms with Crippen LogP contribution in [0, 0.1) is 5.92 Å². The van der Waals surface area contributed by atoms with Crippen molar-refractivity contribution >= 4 is 5.91 Å². The fraction of sp³-hybridized carbons (Fsp3) is 0.588. The van der Waals surface area contributed by atoms with Gasteiger partial charge in [0.1, 0.15) is 0 Å². The van der Waals surface area contributed by atoms with Crippen LogP contribution in [0.4, 0.5) is 0 Å². The van der Waals surface area contributed by atoms with Gasteiger partial charge in [0.15, 0.2) is 0 Å². The van der Waals surface area contributed by atoms with Gasteiger partial charge in [0.25, 0.3) is 5.91 Å². The van der Waals surface area contributed by atoms with Crippen molar-refractivity contribution in [2.45, 2.75) is 52.0 Å². The molecule has 1 aliphatic rings. The standard InChI is InChI=1S/C17H26N2O/c1-3-5-6-12(4-2)16(18)14-8-7-13-9-10-19-17(20)15(13)11-14/h7-8,11-12,16H,3-6,9-10,18H2,1-2H3,(H,19,20). The number of hydrogen-bond acceptors (Lipinski definition) is 2. The Bertz CT molecular complexity index is 470. The molecular formula is C17H26N2O. The van der Waals surface area contributed by atoms with Crippen LogP contribution in [-0.4, -0.2) is 12.5 Å². The Morgan fingerprint density at radius 1 is 1.35 bits per heavy atom. The van der Waals surface area contributed by atoms with E-state index in [0.29, 0.717) is 5.92 Å². The Hall–Kier alpha value is -1.35. The van der Waals surface area contributed by atoms with Crippen LogP contribution in [0.25, 0.3) is 0 Å². The molecule has 3 nitrogen and oxygen atoms in total. The van der Waals surface area contributed by atoms with Gasteiger partial charge >= 0.3 is 0 Å². The molecular weight excluding hydrogens is 248 g/mol. The van der Waals surface area contributed by atoms with Crippen molar-refractivity contribution in [3.05, 3.63) is 34.9 Å². The molecule has 2 rings (SSSR count). The van der Waals surface area contributed by atoms with Gasteiger partial charge < -0.3 is 11.1 Å². The van der Waals surface area contributed by atoms with E-state index < -0.39 is 0 Å². The number of unbranched alkanes of at least 4 members (excludes halogenated alkanes) is 1. The second kappa shape index (κ2) is 6.89. The quantitative estimate of drug-likeness (QED) is 0.837. The van der Waals surface area contributed by atoms with Crippen molar-refractivity contribution in [1.82, 2.24) is 5.32 Å². The summed E-state index contributed by atoms with van der Waals surface area (Å²) < 4.78 is 0. The Morgan fingerprint density at radius 3 is 2.85 bits per heavy atom. The van der Waals surface area contributed by atoms with Gasteiger partial charge in [0, 0.05) is 18.2 Å². The predicted octanol–water partition coefficient (Wildman–Crippen LogP) is 3.19. The van der Waals surface area contributed by atoms with Crippen LogP contribution >= 0.6 is 0 Å². The van der Waals surface area contributed by atoms with Crippen LogP contribution < -0.4 is 11.1 Å². The van der Waals surface area contributed by atoms with E-state index in [2.05, 4.69) is 31.3 Å². The third-order valence-electron chi connectivity index (χ3n) is 4.40. The van der Waals surface area contributed by atoms with Crippen molar-refractivity contribution in [1.29, 1.82) is 0 Å². The zero-order valence-electron chi connectivity index (χ0n) is 12.6. The van der Waals surface area contributed by atoms with E-state index in [4.69, 9.17) is 5.73 Å². The van der Waals surface area contributed by atoms with Crippen LogP contribution in [0.2, 0.25) is 0 Å². The van der Waals surface area contributed by atoms with Crippen LogP contribution in [0.15, 0.2) is 18.2 Å². The van der Waals surface area contributed by atoms with Gasteiger partial charge in [0.05, 0.1) is 0 Å². The summed E-state index contributed by atoms with van der Waals surface area (Å²) >= 11 is 0. The van der Waals surface area contributed by atoms with Gasteiger partial charge in [-0.2, -0.15) is 0 Å². The molecule has 0 saturated carbocycles. The molecule has 1 aromatic carbocycles. The molecule has 0 fully saturated rings. The normalized spacial score (nSPS) is 17.2. The number of carbonyl (C=O) groups excluding carboxylic acids is 1. The number of nitrogens with two attached hydrogens (primary N) is 1. The van der Waals surface area contributed by atoms with E-state index in [9.17, 15) is 4.79 Å². The summed E-state index contributed by atoms with van der Waals surface area (Å²) in [7, 11) is 0. The maximum Gasteiger partial charge on any atom is 0.251 e. The first kappa shape index (κ1) is 15.0. The molecule has 0 aromatic heterocycles. The molecule has 2 unspecified atom stereocenters. The van der Waals surface area contributed by atoms with Crippen molar-refractivity contribution in [3.8, 4) is 0 Å². The second-order valence-electron chi connectivity index (χ2n) is 5.76. The average Bonchev–Trinajstić information content (AvgIpc) is 2.48. The summed E-state index contributed by atoms with van der Waals surface area (Å²) in [6, 6.07) is 6.22. The minimum absolute atomic E-state index is 0.0339. The number of nitrogens with one attached hydrogen (secondary N) is 1. The van der Waals surface area contributed by atoms with Crippen LogP contribution in [0.1, 0.15) is 67.1 Å². The third-order valence-corrected chi connectivity index (χ3v) is 4.40. The summed E-state index contributed by atoms with van der Waals surface area (Å²) in [6.45, 7) is 5.15. The lowest BCUT2D eigenvalue weighted by Crippen LogP contribution is -2.32. The van der Waals surface area contributed by atoms with Crippen LogP contribution in [0.5, 0.6) is 0 Å². The molecule has 110 valence electrons. The molecule has 1 amide bonds. The Balaban J connectivity index is 2.19. The van der Waals surface area contributed by atoms with Crippen LogP contribution in [0.3, 0.4) is 0 Å². The van der Waals surface area contributed by atoms with Gasteiger partial charge in [-0.3, -0.25) is 4.79 Å². The number of fused-ring (bicyclic) bond motifs is 1. The van der Waals surface area contributed by atoms with Gasteiger partial charge in [-0.25, -0.2) is 0 Å². The van der Waals surface area contributed by atoms with Gasteiger partial charge in [-0.1, -0.05) is 45.2 Å². The first-order chi connectivity index (χ1) is 9.67. The van der Waals surface area contributed by atoms with Crippen molar-refractivity contribution in [3.63, 3.8) is 0 Å². The first-order valence-electron chi connectivity index (χ1n) is 7.84.